The van der Waals surface area contributed by atoms with Gasteiger partial charge >= 0.3 is 0 Å². The summed E-state index contributed by atoms with van der Waals surface area (Å²) in [5.41, 5.74) is 1.71. The minimum Gasteiger partial charge on any atom is -0.373 e. The quantitative estimate of drug-likeness (QED) is 0.830. The van der Waals surface area contributed by atoms with Crippen LogP contribution in [0.2, 0.25) is 0 Å². The SMILES string of the molecule is CC(C)N1C(=O)CC(Nc2cccc3[nH]ncc23)C1=O. The van der Waals surface area contributed by atoms with Crippen LogP contribution in [0.25, 0.3) is 10.9 Å². The van der Waals surface area contributed by atoms with Gasteiger partial charge in [-0.3, -0.25) is 19.6 Å². The Bertz CT molecular complexity index is 677. The van der Waals surface area contributed by atoms with Gasteiger partial charge in [0.2, 0.25) is 5.91 Å². The van der Waals surface area contributed by atoms with Crippen molar-refractivity contribution in [3.8, 4) is 0 Å². The summed E-state index contributed by atoms with van der Waals surface area (Å²) in [6.45, 7) is 3.68. The van der Waals surface area contributed by atoms with Gasteiger partial charge in [0.1, 0.15) is 6.04 Å². The van der Waals surface area contributed by atoms with Crippen molar-refractivity contribution >= 4 is 28.4 Å². The molecule has 1 aromatic carbocycles. The molecule has 2 amide bonds. The van der Waals surface area contributed by atoms with Gasteiger partial charge in [-0.1, -0.05) is 6.07 Å². The van der Waals surface area contributed by atoms with Crippen LogP contribution in [0.15, 0.2) is 24.4 Å². The van der Waals surface area contributed by atoms with Crippen molar-refractivity contribution in [3.05, 3.63) is 24.4 Å². The molecule has 1 aliphatic rings. The first-order valence-corrected chi connectivity index (χ1v) is 6.62. The zero-order valence-electron chi connectivity index (χ0n) is 11.4. The van der Waals surface area contributed by atoms with Gasteiger partial charge in [-0.05, 0) is 26.0 Å². The van der Waals surface area contributed by atoms with Crippen molar-refractivity contribution in [2.24, 2.45) is 0 Å². The average molecular weight is 272 g/mol. The predicted molar refractivity (Wildman–Crippen MR) is 75.1 cm³/mol. The number of aromatic nitrogens is 2. The molecule has 20 heavy (non-hydrogen) atoms. The minimum absolute atomic E-state index is 0.105. The number of anilines is 1. The van der Waals surface area contributed by atoms with Crippen LogP contribution in [0.3, 0.4) is 0 Å². The fraction of sp³-hybridized carbons (Fsp3) is 0.357. The van der Waals surface area contributed by atoms with E-state index in [0.717, 1.165) is 16.6 Å². The molecule has 1 aliphatic heterocycles. The molecule has 2 N–H and O–H groups in total. The number of amides is 2. The number of rotatable bonds is 3. The number of hydrogen-bond donors (Lipinski definition) is 2. The van der Waals surface area contributed by atoms with Crippen LogP contribution in [0.5, 0.6) is 0 Å². The van der Waals surface area contributed by atoms with E-state index in [1.54, 1.807) is 6.20 Å². The summed E-state index contributed by atoms with van der Waals surface area (Å²) in [6.07, 6.45) is 1.91. The summed E-state index contributed by atoms with van der Waals surface area (Å²) in [7, 11) is 0. The molecule has 0 radical (unpaired) electrons. The van der Waals surface area contributed by atoms with Gasteiger partial charge in [0.05, 0.1) is 18.1 Å². The number of likely N-dealkylation sites (tertiary alicyclic amines) is 1. The minimum atomic E-state index is -0.495. The van der Waals surface area contributed by atoms with E-state index in [2.05, 4.69) is 15.5 Å². The van der Waals surface area contributed by atoms with E-state index in [9.17, 15) is 9.59 Å². The summed E-state index contributed by atoms with van der Waals surface area (Å²) in [5, 5.41) is 10.9. The number of aromatic amines is 1. The molecule has 2 aromatic rings. The third kappa shape index (κ3) is 1.93. The van der Waals surface area contributed by atoms with Gasteiger partial charge in [-0.15, -0.1) is 0 Å². The van der Waals surface area contributed by atoms with Crippen LogP contribution >= 0.6 is 0 Å². The van der Waals surface area contributed by atoms with Crippen LogP contribution < -0.4 is 5.32 Å². The standard InChI is InChI=1S/C14H16N4O2/c1-8(2)18-13(19)6-12(14(18)20)16-10-4-3-5-11-9(10)7-15-17-11/h3-5,7-8,12,16H,6H2,1-2H3,(H,15,17). The Morgan fingerprint density at radius 2 is 2.20 bits per heavy atom. The van der Waals surface area contributed by atoms with Gasteiger partial charge in [0.15, 0.2) is 0 Å². The molecular formula is C14H16N4O2. The number of hydrogen-bond acceptors (Lipinski definition) is 4. The van der Waals surface area contributed by atoms with Gasteiger partial charge in [-0.25, -0.2) is 0 Å². The number of benzene rings is 1. The Labute approximate surface area is 116 Å². The molecule has 1 unspecified atom stereocenters. The fourth-order valence-electron chi connectivity index (χ4n) is 2.59. The molecule has 2 heterocycles. The van der Waals surface area contributed by atoms with E-state index in [-0.39, 0.29) is 24.3 Å². The van der Waals surface area contributed by atoms with Crippen LogP contribution in [0.1, 0.15) is 20.3 Å². The smallest absolute Gasteiger partial charge is 0.252 e. The van der Waals surface area contributed by atoms with E-state index in [1.165, 1.54) is 4.90 Å². The van der Waals surface area contributed by atoms with Crippen molar-refractivity contribution in [1.29, 1.82) is 0 Å². The predicted octanol–water partition coefficient (Wildman–Crippen LogP) is 1.51. The molecule has 0 aliphatic carbocycles. The van der Waals surface area contributed by atoms with Crippen LogP contribution in [0, 0.1) is 0 Å². The molecule has 104 valence electrons. The third-order valence-electron chi connectivity index (χ3n) is 3.51. The third-order valence-corrected chi connectivity index (χ3v) is 3.51. The van der Waals surface area contributed by atoms with Gasteiger partial charge in [0, 0.05) is 17.1 Å². The summed E-state index contributed by atoms with van der Waals surface area (Å²) in [4.78, 5) is 25.5. The van der Waals surface area contributed by atoms with Crippen LogP contribution in [0.4, 0.5) is 5.69 Å². The van der Waals surface area contributed by atoms with Crippen molar-refractivity contribution < 1.29 is 9.59 Å². The Balaban J connectivity index is 1.87. The number of nitrogens with one attached hydrogen (secondary N) is 2. The van der Waals surface area contributed by atoms with E-state index in [0.29, 0.717) is 0 Å². The molecule has 1 saturated heterocycles. The first kappa shape index (κ1) is 12.7. The topological polar surface area (TPSA) is 78.1 Å². The lowest BCUT2D eigenvalue weighted by Gasteiger charge is -2.19. The normalized spacial score (nSPS) is 19.4. The molecular weight excluding hydrogens is 256 g/mol. The Hall–Kier alpha value is -2.37. The van der Waals surface area contributed by atoms with E-state index >= 15 is 0 Å². The highest BCUT2D eigenvalue weighted by Crippen LogP contribution is 2.25. The number of imide groups is 1. The van der Waals surface area contributed by atoms with Gasteiger partial charge in [0.25, 0.3) is 5.91 Å². The average Bonchev–Trinajstić information content (AvgIpc) is 2.95. The van der Waals surface area contributed by atoms with E-state index < -0.39 is 6.04 Å². The molecule has 1 fully saturated rings. The largest absolute Gasteiger partial charge is 0.373 e. The van der Waals surface area contributed by atoms with Crippen LogP contribution in [-0.4, -0.2) is 39.0 Å². The summed E-state index contributed by atoms with van der Waals surface area (Å²) < 4.78 is 0. The maximum absolute atomic E-state index is 12.3. The Morgan fingerprint density at radius 3 is 2.90 bits per heavy atom. The molecule has 0 bridgehead atoms. The van der Waals surface area contributed by atoms with Crippen molar-refractivity contribution in [2.45, 2.75) is 32.4 Å². The zero-order chi connectivity index (χ0) is 14.3. The fourth-order valence-corrected chi connectivity index (χ4v) is 2.59. The molecule has 6 nitrogen and oxygen atoms in total. The number of carbonyl (C=O) groups is 2. The highest BCUT2D eigenvalue weighted by molar-refractivity contribution is 6.07. The first-order chi connectivity index (χ1) is 9.58. The second-order valence-corrected chi connectivity index (χ2v) is 5.23. The Morgan fingerprint density at radius 1 is 1.40 bits per heavy atom. The number of nitrogens with zero attached hydrogens (tertiary/aromatic N) is 2. The number of H-pyrrole nitrogens is 1. The lowest BCUT2D eigenvalue weighted by molar-refractivity contribution is -0.140. The lowest BCUT2D eigenvalue weighted by atomic mass is 10.2. The second kappa shape index (κ2) is 4.63. The highest BCUT2D eigenvalue weighted by Gasteiger charge is 2.39. The number of carbonyl (C=O) groups excluding carboxylic acids is 2. The number of fused-ring (bicyclic) bond motifs is 1. The summed E-state index contributed by atoms with van der Waals surface area (Å²) in [5.74, 6) is -0.285. The highest BCUT2D eigenvalue weighted by atomic mass is 16.2. The maximum Gasteiger partial charge on any atom is 0.252 e. The molecule has 1 aromatic heterocycles. The van der Waals surface area contributed by atoms with E-state index in [1.807, 2.05) is 32.0 Å². The molecule has 0 saturated carbocycles. The lowest BCUT2D eigenvalue weighted by Crippen LogP contribution is -2.39. The van der Waals surface area contributed by atoms with Crippen LogP contribution in [-0.2, 0) is 9.59 Å². The molecule has 3 rings (SSSR count). The Kier molecular flexibility index (Phi) is 2.93. The monoisotopic (exact) mass is 272 g/mol. The van der Waals surface area contributed by atoms with Crippen molar-refractivity contribution in [2.75, 3.05) is 5.32 Å². The maximum atomic E-state index is 12.3. The zero-order valence-corrected chi connectivity index (χ0v) is 11.4. The molecule has 0 spiro atoms. The summed E-state index contributed by atoms with van der Waals surface area (Å²) >= 11 is 0. The van der Waals surface area contributed by atoms with Crippen molar-refractivity contribution in [3.63, 3.8) is 0 Å². The molecule has 6 heteroatoms. The van der Waals surface area contributed by atoms with Crippen molar-refractivity contribution in [1.82, 2.24) is 15.1 Å². The summed E-state index contributed by atoms with van der Waals surface area (Å²) in [6, 6.07) is 5.07. The first-order valence-electron chi connectivity index (χ1n) is 6.62. The van der Waals surface area contributed by atoms with Gasteiger partial charge in [-0.2, -0.15) is 5.10 Å². The van der Waals surface area contributed by atoms with E-state index in [4.69, 9.17) is 0 Å². The van der Waals surface area contributed by atoms with Gasteiger partial charge < -0.3 is 5.32 Å². The second-order valence-electron chi connectivity index (χ2n) is 5.23. The molecule has 1 atom stereocenters.